The molecule has 0 spiro atoms. The highest BCUT2D eigenvalue weighted by Crippen LogP contribution is 2.08. The summed E-state index contributed by atoms with van der Waals surface area (Å²) in [6.07, 6.45) is 4.15. The van der Waals surface area contributed by atoms with Crippen molar-refractivity contribution >= 4 is 0 Å². The largest absolute Gasteiger partial charge is 0.375 e. The standard InChI is InChI=1S/C7H12N2.C5H12/c1-6-3-4-7(8-2)9-5-6;1-5(2,3)4/h3-4,8-9H,5H2,1-2H3;1-4H3. The number of hydrogen-bond acceptors (Lipinski definition) is 2. The number of allylic oxidation sites excluding steroid dienone is 2. The van der Waals surface area contributed by atoms with E-state index in [1.807, 2.05) is 13.1 Å². The summed E-state index contributed by atoms with van der Waals surface area (Å²) in [5.74, 6) is 1.10. The lowest BCUT2D eigenvalue weighted by molar-refractivity contribution is 0.469. The predicted octanol–water partition coefficient (Wildman–Crippen LogP) is 2.65. The fourth-order valence-corrected chi connectivity index (χ4v) is 0.750. The van der Waals surface area contributed by atoms with Crippen LogP contribution in [0.3, 0.4) is 0 Å². The molecule has 2 nitrogen and oxygen atoms in total. The Kier molecular flexibility index (Phi) is 5.36. The van der Waals surface area contributed by atoms with Crippen molar-refractivity contribution < 1.29 is 0 Å². The molecule has 2 heteroatoms. The van der Waals surface area contributed by atoms with E-state index < -0.39 is 0 Å². The van der Waals surface area contributed by atoms with Gasteiger partial charge < -0.3 is 10.6 Å². The van der Waals surface area contributed by atoms with Crippen LogP contribution in [0.15, 0.2) is 23.5 Å². The molecule has 82 valence electrons. The Morgan fingerprint density at radius 1 is 1.21 bits per heavy atom. The van der Waals surface area contributed by atoms with Crippen molar-refractivity contribution in [2.45, 2.75) is 34.6 Å². The molecule has 0 unspecified atom stereocenters. The lowest BCUT2D eigenvalue weighted by atomic mass is 10.0. The Bertz CT molecular complexity index is 213. The number of nitrogens with one attached hydrogen (secondary N) is 2. The Morgan fingerprint density at radius 3 is 2.00 bits per heavy atom. The number of rotatable bonds is 1. The first-order valence-corrected chi connectivity index (χ1v) is 5.12. The SMILES string of the molecule is CC(C)(C)C.CNC1=CC=C(C)CN1. The molecule has 2 N–H and O–H groups in total. The van der Waals surface area contributed by atoms with E-state index in [0.29, 0.717) is 5.41 Å². The van der Waals surface area contributed by atoms with Crippen LogP contribution in [0.1, 0.15) is 34.6 Å². The first kappa shape index (κ1) is 13.1. The maximum absolute atomic E-state index is 3.20. The van der Waals surface area contributed by atoms with Crippen molar-refractivity contribution in [2.75, 3.05) is 13.6 Å². The zero-order valence-corrected chi connectivity index (χ0v) is 10.4. The van der Waals surface area contributed by atoms with Gasteiger partial charge in [0, 0.05) is 13.6 Å². The molecule has 14 heavy (non-hydrogen) atoms. The molecule has 0 radical (unpaired) electrons. The van der Waals surface area contributed by atoms with Crippen molar-refractivity contribution in [3.63, 3.8) is 0 Å². The fourth-order valence-electron chi connectivity index (χ4n) is 0.750. The average molecular weight is 196 g/mol. The zero-order chi connectivity index (χ0) is 11.2. The Morgan fingerprint density at radius 2 is 1.71 bits per heavy atom. The van der Waals surface area contributed by atoms with Gasteiger partial charge in [0.05, 0.1) is 5.82 Å². The van der Waals surface area contributed by atoms with Gasteiger partial charge in [-0.3, -0.25) is 0 Å². The summed E-state index contributed by atoms with van der Waals surface area (Å²) in [5.41, 5.74) is 1.87. The molecular weight excluding hydrogens is 172 g/mol. The van der Waals surface area contributed by atoms with Gasteiger partial charge in [-0.2, -0.15) is 0 Å². The molecule has 0 aromatic heterocycles. The summed E-state index contributed by atoms with van der Waals surface area (Å²) >= 11 is 0. The lowest BCUT2D eigenvalue weighted by Gasteiger charge is -2.13. The normalized spacial score (nSPS) is 15.6. The van der Waals surface area contributed by atoms with Crippen LogP contribution in [0.4, 0.5) is 0 Å². The minimum absolute atomic E-state index is 0.500. The molecule has 0 atom stereocenters. The quantitative estimate of drug-likeness (QED) is 0.673. The van der Waals surface area contributed by atoms with Gasteiger partial charge >= 0.3 is 0 Å². The highest BCUT2D eigenvalue weighted by atomic mass is 15.1. The van der Waals surface area contributed by atoms with Gasteiger partial charge in [-0.05, 0) is 18.4 Å². The summed E-state index contributed by atoms with van der Waals surface area (Å²) in [7, 11) is 1.91. The van der Waals surface area contributed by atoms with E-state index in [9.17, 15) is 0 Å². The molecule has 0 aromatic rings. The van der Waals surface area contributed by atoms with Crippen molar-refractivity contribution in [3.05, 3.63) is 23.5 Å². The van der Waals surface area contributed by atoms with Crippen LogP contribution in [0.2, 0.25) is 0 Å². The first-order valence-electron chi connectivity index (χ1n) is 5.12. The molecule has 0 bridgehead atoms. The molecule has 0 fully saturated rings. The number of dihydropyridines is 1. The molecule has 1 aliphatic heterocycles. The summed E-state index contributed by atoms with van der Waals surface area (Å²) in [4.78, 5) is 0. The third-order valence-electron chi connectivity index (χ3n) is 1.36. The monoisotopic (exact) mass is 196 g/mol. The van der Waals surface area contributed by atoms with Gasteiger partial charge in [0.25, 0.3) is 0 Å². The van der Waals surface area contributed by atoms with Crippen LogP contribution < -0.4 is 10.6 Å². The topological polar surface area (TPSA) is 24.1 Å². The summed E-state index contributed by atoms with van der Waals surface area (Å²) in [6, 6.07) is 0. The van der Waals surface area contributed by atoms with Crippen LogP contribution in [0, 0.1) is 5.41 Å². The van der Waals surface area contributed by atoms with E-state index in [4.69, 9.17) is 0 Å². The number of hydrogen-bond donors (Lipinski definition) is 2. The summed E-state index contributed by atoms with van der Waals surface area (Å²) < 4.78 is 0. The van der Waals surface area contributed by atoms with Gasteiger partial charge in [-0.15, -0.1) is 0 Å². The van der Waals surface area contributed by atoms with Crippen LogP contribution in [0.25, 0.3) is 0 Å². The van der Waals surface area contributed by atoms with Crippen LogP contribution in [-0.4, -0.2) is 13.6 Å². The van der Waals surface area contributed by atoms with Crippen molar-refractivity contribution in [1.82, 2.24) is 10.6 Å². The van der Waals surface area contributed by atoms with Crippen LogP contribution >= 0.6 is 0 Å². The van der Waals surface area contributed by atoms with Crippen molar-refractivity contribution in [2.24, 2.45) is 5.41 Å². The van der Waals surface area contributed by atoms with E-state index in [1.165, 1.54) is 5.57 Å². The summed E-state index contributed by atoms with van der Waals surface area (Å²) in [5, 5.41) is 6.23. The average Bonchev–Trinajstić information content (AvgIpc) is 2.03. The second-order valence-electron chi connectivity index (χ2n) is 5.20. The Balaban J connectivity index is 0.000000292. The second-order valence-corrected chi connectivity index (χ2v) is 5.20. The zero-order valence-electron chi connectivity index (χ0n) is 10.4. The fraction of sp³-hybridized carbons (Fsp3) is 0.667. The second kappa shape index (κ2) is 5.74. The Hall–Kier alpha value is -0.920. The highest BCUT2D eigenvalue weighted by Gasteiger charge is 1.96. The van der Waals surface area contributed by atoms with Gasteiger partial charge in [0.15, 0.2) is 0 Å². The lowest BCUT2D eigenvalue weighted by Crippen LogP contribution is -2.26. The smallest absolute Gasteiger partial charge is 0.0986 e. The van der Waals surface area contributed by atoms with E-state index in [1.54, 1.807) is 0 Å². The Labute approximate surface area is 88.5 Å². The maximum Gasteiger partial charge on any atom is 0.0986 e. The van der Waals surface area contributed by atoms with Crippen molar-refractivity contribution in [3.8, 4) is 0 Å². The van der Waals surface area contributed by atoms with E-state index in [0.717, 1.165) is 12.4 Å². The molecule has 0 amide bonds. The van der Waals surface area contributed by atoms with Gasteiger partial charge in [0.1, 0.15) is 0 Å². The van der Waals surface area contributed by atoms with Gasteiger partial charge in [-0.25, -0.2) is 0 Å². The molecule has 0 aromatic carbocycles. The molecule has 0 aliphatic carbocycles. The van der Waals surface area contributed by atoms with E-state index >= 15 is 0 Å². The van der Waals surface area contributed by atoms with E-state index in [2.05, 4.69) is 51.3 Å². The predicted molar refractivity (Wildman–Crippen MR) is 64.0 cm³/mol. The first-order chi connectivity index (χ1) is 6.33. The summed E-state index contributed by atoms with van der Waals surface area (Å²) in [6.45, 7) is 11.8. The van der Waals surface area contributed by atoms with Crippen LogP contribution in [-0.2, 0) is 0 Å². The van der Waals surface area contributed by atoms with Crippen molar-refractivity contribution in [1.29, 1.82) is 0 Å². The maximum atomic E-state index is 3.20. The minimum Gasteiger partial charge on any atom is -0.375 e. The van der Waals surface area contributed by atoms with E-state index in [-0.39, 0.29) is 0 Å². The third-order valence-corrected chi connectivity index (χ3v) is 1.36. The minimum atomic E-state index is 0.500. The van der Waals surface area contributed by atoms with Gasteiger partial charge in [-0.1, -0.05) is 39.3 Å². The molecule has 1 heterocycles. The van der Waals surface area contributed by atoms with Crippen LogP contribution in [0.5, 0.6) is 0 Å². The molecule has 0 saturated heterocycles. The molecular formula is C12H24N2. The highest BCUT2D eigenvalue weighted by molar-refractivity contribution is 5.21. The molecule has 0 saturated carbocycles. The molecule has 1 rings (SSSR count). The van der Waals surface area contributed by atoms with Gasteiger partial charge in [0.2, 0.25) is 0 Å². The third kappa shape index (κ3) is 9.17. The molecule has 1 aliphatic rings.